The van der Waals surface area contributed by atoms with Gasteiger partial charge in [0.25, 0.3) is 5.91 Å². The summed E-state index contributed by atoms with van der Waals surface area (Å²) in [6.07, 6.45) is 0. The summed E-state index contributed by atoms with van der Waals surface area (Å²) in [5, 5.41) is 14.7. The van der Waals surface area contributed by atoms with E-state index in [0.717, 1.165) is 16.7 Å². The van der Waals surface area contributed by atoms with Crippen LogP contribution in [-0.4, -0.2) is 48.4 Å². The number of hydrogen-bond donors (Lipinski definition) is 3. The van der Waals surface area contributed by atoms with Crippen molar-refractivity contribution in [1.82, 2.24) is 15.6 Å². The molecule has 3 aromatic carbocycles. The number of amides is 2. The van der Waals surface area contributed by atoms with Gasteiger partial charge in [0.15, 0.2) is 10.8 Å². The second-order valence-electron chi connectivity index (χ2n) is 8.85. The van der Waals surface area contributed by atoms with Gasteiger partial charge in [-0.3, -0.25) is 9.59 Å². The molecule has 0 saturated carbocycles. The number of rotatable bonds is 10. The van der Waals surface area contributed by atoms with Crippen LogP contribution >= 0.6 is 11.3 Å². The summed E-state index contributed by atoms with van der Waals surface area (Å²) in [6.45, 7) is -0.793. The van der Waals surface area contributed by atoms with Gasteiger partial charge in [0.05, 0.1) is 6.04 Å². The molecule has 10 heteroatoms. The number of nitrogens with one attached hydrogen (secondary N) is 3. The number of halogens is 1. The number of β-lactam (4-membered cyclic amide) rings is 1. The third-order valence-corrected chi connectivity index (χ3v) is 7.28. The van der Waals surface area contributed by atoms with Crippen molar-refractivity contribution in [2.75, 3.05) is 19.1 Å². The third kappa shape index (κ3) is 5.10. The molecule has 39 heavy (non-hydrogen) atoms. The minimum absolute atomic E-state index is 0.121. The molecule has 5 rings (SSSR count). The van der Waals surface area contributed by atoms with E-state index in [-0.39, 0.29) is 11.4 Å². The molecular weight excluding hydrogens is 517 g/mol. The number of hydrogen-bond acceptors (Lipinski definition) is 7. The Bertz CT molecular complexity index is 1370. The molecular formula is C29H26FN5O3S. The van der Waals surface area contributed by atoms with Gasteiger partial charge < -0.3 is 20.8 Å². The van der Waals surface area contributed by atoms with Crippen LogP contribution in [0.15, 0.2) is 102 Å². The standard InChI is InChI=1S/C29H26FN5O3S/c1-38-35-25(27(37)33-24-22(17-30)31-26(24)36)23-18-39-28(32-23)34-29(19-11-5-2-6-12-19,20-13-7-3-8-14-20)21-15-9-4-10-16-21/h2-16,18,22,24H,17H2,1H3,(H,31,36)(H,32,34)(H,33,37)/b35-25-/t22-,24+/m1/s1. The Morgan fingerprint density at radius 1 is 1.00 bits per heavy atom. The third-order valence-electron chi connectivity index (χ3n) is 6.52. The van der Waals surface area contributed by atoms with E-state index in [4.69, 9.17) is 4.84 Å². The molecule has 1 aromatic heterocycles. The number of alkyl halides is 1. The molecule has 0 spiro atoms. The maximum atomic E-state index is 13.1. The van der Waals surface area contributed by atoms with Crippen LogP contribution < -0.4 is 16.0 Å². The van der Waals surface area contributed by atoms with Crippen molar-refractivity contribution < 1.29 is 18.8 Å². The molecule has 1 aliphatic rings. The molecule has 1 fully saturated rings. The van der Waals surface area contributed by atoms with Crippen LogP contribution in [0.5, 0.6) is 0 Å². The first-order chi connectivity index (χ1) is 19.1. The highest BCUT2D eigenvalue weighted by molar-refractivity contribution is 7.14. The van der Waals surface area contributed by atoms with Gasteiger partial charge in [-0.1, -0.05) is 96.2 Å². The zero-order chi connectivity index (χ0) is 27.2. The van der Waals surface area contributed by atoms with Crippen molar-refractivity contribution in [3.05, 3.63) is 119 Å². The normalized spacial score (nSPS) is 17.1. The lowest BCUT2D eigenvalue weighted by atomic mass is 9.77. The minimum atomic E-state index is -0.984. The van der Waals surface area contributed by atoms with Crippen molar-refractivity contribution in [2.24, 2.45) is 5.16 Å². The van der Waals surface area contributed by atoms with Gasteiger partial charge in [-0.15, -0.1) is 11.3 Å². The van der Waals surface area contributed by atoms with Crippen LogP contribution in [0.4, 0.5) is 9.52 Å². The predicted octanol–water partition coefficient (Wildman–Crippen LogP) is 3.85. The number of oxime groups is 1. The maximum absolute atomic E-state index is 13.1. The van der Waals surface area contributed by atoms with E-state index < -0.39 is 36.1 Å². The summed E-state index contributed by atoms with van der Waals surface area (Å²) in [5.74, 6) is -1.14. The number of nitrogens with zero attached hydrogens (tertiary/aromatic N) is 2. The first-order valence-electron chi connectivity index (χ1n) is 12.3. The summed E-state index contributed by atoms with van der Waals surface area (Å²) in [5.41, 5.74) is 2.31. The average Bonchev–Trinajstić information content (AvgIpc) is 3.45. The van der Waals surface area contributed by atoms with Crippen molar-refractivity contribution in [2.45, 2.75) is 17.6 Å². The Hall–Kier alpha value is -4.57. The van der Waals surface area contributed by atoms with Gasteiger partial charge in [0.2, 0.25) is 5.91 Å². The first kappa shape index (κ1) is 26.1. The topological polar surface area (TPSA) is 105 Å². The van der Waals surface area contributed by atoms with Crippen molar-refractivity contribution in [3.63, 3.8) is 0 Å². The average molecular weight is 544 g/mol. The van der Waals surface area contributed by atoms with E-state index in [1.165, 1.54) is 18.4 Å². The van der Waals surface area contributed by atoms with E-state index in [9.17, 15) is 14.0 Å². The Kier molecular flexibility index (Phi) is 7.64. The van der Waals surface area contributed by atoms with E-state index >= 15 is 0 Å². The highest BCUT2D eigenvalue weighted by Gasteiger charge is 2.41. The van der Waals surface area contributed by atoms with Crippen LogP contribution in [0, 0.1) is 0 Å². The summed E-state index contributed by atoms with van der Waals surface area (Å²) in [4.78, 5) is 34.4. The molecule has 0 unspecified atom stereocenters. The molecule has 0 aliphatic carbocycles. The smallest absolute Gasteiger partial charge is 0.276 e. The van der Waals surface area contributed by atoms with Gasteiger partial charge in [-0.25, -0.2) is 9.37 Å². The van der Waals surface area contributed by atoms with Gasteiger partial charge in [0.1, 0.15) is 31.1 Å². The molecule has 3 N–H and O–H groups in total. The van der Waals surface area contributed by atoms with E-state index in [0.29, 0.717) is 5.13 Å². The van der Waals surface area contributed by atoms with Crippen molar-refractivity contribution in [3.8, 4) is 0 Å². The highest BCUT2D eigenvalue weighted by atomic mass is 32.1. The quantitative estimate of drug-likeness (QED) is 0.122. The molecule has 198 valence electrons. The fourth-order valence-corrected chi connectivity index (χ4v) is 5.37. The number of anilines is 1. The van der Waals surface area contributed by atoms with E-state index in [1.807, 2.05) is 54.6 Å². The Morgan fingerprint density at radius 2 is 1.54 bits per heavy atom. The fraction of sp³-hybridized carbons (Fsp3) is 0.172. The molecule has 8 nitrogen and oxygen atoms in total. The van der Waals surface area contributed by atoms with Gasteiger partial charge in [-0.2, -0.15) is 0 Å². The molecule has 1 saturated heterocycles. The number of thiazole rings is 1. The van der Waals surface area contributed by atoms with Crippen molar-refractivity contribution >= 4 is 34.0 Å². The van der Waals surface area contributed by atoms with Crippen LogP contribution in [0.3, 0.4) is 0 Å². The highest BCUT2D eigenvalue weighted by Crippen LogP contribution is 2.40. The number of carbonyl (C=O) groups is 2. The number of aromatic nitrogens is 1. The SMILES string of the molecule is CO/N=C(\C(=O)N[C@@H]1C(=O)N[C@@H]1CF)c1csc(NC(c2ccccc2)(c2ccccc2)c2ccccc2)n1. The first-order valence-corrected chi connectivity index (χ1v) is 13.1. The van der Waals surface area contributed by atoms with E-state index in [2.05, 4.69) is 62.5 Å². The predicted molar refractivity (Wildman–Crippen MR) is 148 cm³/mol. The number of carbonyl (C=O) groups excluding carboxylic acids is 2. The van der Waals surface area contributed by atoms with Gasteiger partial charge in [0, 0.05) is 5.38 Å². The Morgan fingerprint density at radius 3 is 2.00 bits per heavy atom. The van der Waals surface area contributed by atoms with Gasteiger partial charge in [-0.05, 0) is 16.7 Å². The number of benzene rings is 3. The zero-order valence-corrected chi connectivity index (χ0v) is 21.8. The molecule has 1 aliphatic heterocycles. The molecule has 4 aromatic rings. The Labute approximate surface area is 228 Å². The largest absolute Gasteiger partial charge is 0.398 e. The second kappa shape index (κ2) is 11.4. The lowest BCUT2D eigenvalue weighted by Crippen LogP contribution is -2.70. The summed E-state index contributed by atoms with van der Waals surface area (Å²) in [7, 11) is 1.31. The van der Waals surface area contributed by atoms with E-state index in [1.54, 1.807) is 5.38 Å². The second-order valence-corrected chi connectivity index (χ2v) is 9.71. The zero-order valence-electron chi connectivity index (χ0n) is 21.0. The molecule has 2 heterocycles. The summed E-state index contributed by atoms with van der Waals surface area (Å²) < 4.78 is 13.1. The fourth-order valence-electron chi connectivity index (χ4n) is 4.62. The van der Waals surface area contributed by atoms with Crippen LogP contribution in [0.2, 0.25) is 0 Å². The van der Waals surface area contributed by atoms with Crippen LogP contribution in [0.25, 0.3) is 0 Å². The van der Waals surface area contributed by atoms with Crippen LogP contribution in [-0.2, 0) is 20.0 Å². The van der Waals surface area contributed by atoms with Crippen LogP contribution in [0.1, 0.15) is 22.4 Å². The van der Waals surface area contributed by atoms with Crippen molar-refractivity contribution in [1.29, 1.82) is 0 Å². The lowest BCUT2D eigenvalue weighted by molar-refractivity contribution is -0.135. The summed E-state index contributed by atoms with van der Waals surface area (Å²) >= 11 is 1.30. The molecule has 2 atom stereocenters. The molecule has 0 bridgehead atoms. The Balaban J connectivity index is 1.53. The van der Waals surface area contributed by atoms with Gasteiger partial charge >= 0.3 is 0 Å². The molecule has 2 amide bonds. The molecule has 0 radical (unpaired) electrons. The maximum Gasteiger partial charge on any atom is 0.276 e. The summed E-state index contributed by atoms with van der Waals surface area (Å²) in [6, 6.07) is 28.4. The minimum Gasteiger partial charge on any atom is -0.398 e. The monoisotopic (exact) mass is 543 g/mol. The lowest BCUT2D eigenvalue weighted by Gasteiger charge is -2.36.